The third kappa shape index (κ3) is 3.59. The Morgan fingerprint density at radius 1 is 1.10 bits per heavy atom. The lowest BCUT2D eigenvalue weighted by atomic mass is 10.1. The molecule has 1 unspecified atom stereocenters. The van der Waals surface area contributed by atoms with Crippen LogP contribution in [0.4, 0.5) is 5.69 Å². The lowest BCUT2D eigenvalue weighted by Gasteiger charge is -2.14. The van der Waals surface area contributed by atoms with Crippen molar-refractivity contribution in [2.24, 2.45) is 0 Å². The first kappa shape index (κ1) is 14.1. The quantitative estimate of drug-likeness (QED) is 0.894. The highest BCUT2D eigenvalue weighted by atomic mass is 16.5. The van der Waals surface area contributed by atoms with Gasteiger partial charge in [-0.05, 0) is 30.2 Å². The Morgan fingerprint density at radius 2 is 1.75 bits per heavy atom. The molecule has 0 bridgehead atoms. The molecule has 0 spiro atoms. The second-order valence-corrected chi connectivity index (χ2v) is 4.75. The van der Waals surface area contributed by atoms with Gasteiger partial charge in [0.15, 0.2) is 0 Å². The van der Waals surface area contributed by atoms with Crippen molar-refractivity contribution < 1.29 is 4.74 Å². The predicted molar refractivity (Wildman–Crippen MR) is 80.3 cm³/mol. The minimum atomic E-state index is -0.352. The summed E-state index contributed by atoms with van der Waals surface area (Å²) in [7, 11) is 1.67. The molecule has 2 rings (SSSR count). The zero-order chi connectivity index (χ0) is 14.4. The number of ether oxygens (including phenoxy) is 1. The number of nitrogens with one attached hydrogen (secondary N) is 1. The Kier molecular flexibility index (Phi) is 4.75. The maximum absolute atomic E-state index is 9.33. The molecule has 0 saturated heterocycles. The van der Waals surface area contributed by atoms with Gasteiger partial charge in [-0.1, -0.05) is 42.0 Å². The van der Waals surface area contributed by atoms with Gasteiger partial charge in [0.1, 0.15) is 6.04 Å². The van der Waals surface area contributed by atoms with Gasteiger partial charge in [-0.25, -0.2) is 0 Å². The normalized spacial score (nSPS) is 11.7. The largest absolute Gasteiger partial charge is 0.380 e. The van der Waals surface area contributed by atoms with Crippen LogP contribution < -0.4 is 5.32 Å². The summed E-state index contributed by atoms with van der Waals surface area (Å²) >= 11 is 0. The molecule has 0 radical (unpaired) electrons. The number of aryl methyl sites for hydroxylation is 1. The van der Waals surface area contributed by atoms with Crippen LogP contribution in [0.25, 0.3) is 0 Å². The molecule has 0 aliphatic rings. The van der Waals surface area contributed by atoms with Crippen molar-refractivity contribution in [2.45, 2.75) is 19.6 Å². The summed E-state index contributed by atoms with van der Waals surface area (Å²) in [6.45, 7) is 2.63. The third-order valence-corrected chi connectivity index (χ3v) is 3.12. The summed E-state index contributed by atoms with van der Waals surface area (Å²) in [5.74, 6) is 0. The molecule has 2 aromatic rings. The molecular weight excluding hydrogens is 248 g/mol. The maximum Gasteiger partial charge on any atom is 0.140 e. The van der Waals surface area contributed by atoms with Gasteiger partial charge in [0.05, 0.1) is 12.7 Å². The van der Waals surface area contributed by atoms with E-state index in [1.807, 2.05) is 55.5 Å². The van der Waals surface area contributed by atoms with Crippen molar-refractivity contribution in [3.63, 3.8) is 0 Å². The lowest BCUT2D eigenvalue weighted by Crippen LogP contribution is -2.08. The lowest BCUT2D eigenvalue weighted by molar-refractivity contribution is 0.185. The van der Waals surface area contributed by atoms with Crippen LogP contribution in [0.15, 0.2) is 48.5 Å². The second-order valence-electron chi connectivity index (χ2n) is 4.75. The van der Waals surface area contributed by atoms with E-state index in [4.69, 9.17) is 4.74 Å². The molecule has 102 valence electrons. The van der Waals surface area contributed by atoms with Gasteiger partial charge >= 0.3 is 0 Å². The second kappa shape index (κ2) is 6.74. The van der Waals surface area contributed by atoms with Crippen LogP contribution in [0, 0.1) is 18.3 Å². The van der Waals surface area contributed by atoms with Crippen LogP contribution in [0.3, 0.4) is 0 Å². The molecule has 0 aromatic heterocycles. The Bertz CT molecular complexity index is 582. The molecule has 0 aliphatic carbocycles. The van der Waals surface area contributed by atoms with Crippen LogP contribution >= 0.6 is 0 Å². The molecule has 2 aromatic carbocycles. The van der Waals surface area contributed by atoms with E-state index in [9.17, 15) is 5.26 Å². The molecule has 0 fully saturated rings. The van der Waals surface area contributed by atoms with E-state index in [1.54, 1.807) is 7.11 Å². The average molecular weight is 266 g/mol. The molecule has 3 heteroatoms. The number of hydrogen-bond donors (Lipinski definition) is 1. The fourth-order valence-electron chi connectivity index (χ4n) is 1.98. The molecular formula is C17H18N2O. The van der Waals surface area contributed by atoms with Crippen LogP contribution in [-0.2, 0) is 11.3 Å². The average Bonchev–Trinajstić information content (AvgIpc) is 2.48. The fraction of sp³-hybridized carbons (Fsp3) is 0.235. The highest BCUT2D eigenvalue weighted by Crippen LogP contribution is 2.20. The van der Waals surface area contributed by atoms with Crippen LogP contribution in [-0.4, -0.2) is 7.11 Å². The van der Waals surface area contributed by atoms with Gasteiger partial charge in [-0.15, -0.1) is 0 Å². The van der Waals surface area contributed by atoms with E-state index in [1.165, 1.54) is 5.56 Å². The van der Waals surface area contributed by atoms with Crippen LogP contribution in [0.2, 0.25) is 0 Å². The Morgan fingerprint density at radius 3 is 2.30 bits per heavy atom. The molecule has 0 amide bonds. The van der Waals surface area contributed by atoms with Crippen molar-refractivity contribution in [1.82, 2.24) is 0 Å². The highest BCUT2D eigenvalue weighted by molar-refractivity contribution is 5.48. The van der Waals surface area contributed by atoms with Crippen LogP contribution in [0.1, 0.15) is 22.7 Å². The first-order chi connectivity index (χ1) is 9.72. The SMILES string of the molecule is COCc1ccc(C(C#N)Nc2ccc(C)cc2)cc1. The Labute approximate surface area is 119 Å². The zero-order valence-corrected chi connectivity index (χ0v) is 11.8. The van der Waals surface area contributed by atoms with Crippen molar-refractivity contribution in [1.29, 1.82) is 5.26 Å². The topological polar surface area (TPSA) is 45.0 Å². The fourth-order valence-corrected chi connectivity index (χ4v) is 1.98. The van der Waals surface area contributed by atoms with Gasteiger partial charge in [-0.2, -0.15) is 5.26 Å². The summed E-state index contributed by atoms with van der Waals surface area (Å²) in [6, 6.07) is 17.9. The molecule has 0 saturated carbocycles. The smallest absolute Gasteiger partial charge is 0.140 e. The number of methoxy groups -OCH3 is 1. The Hall–Kier alpha value is -2.31. The van der Waals surface area contributed by atoms with Crippen LogP contribution in [0.5, 0.6) is 0 Å². The molecule has 3 nitrogen and oxygen atoms in total. The number of nitriles is 1. The third-order valence-electron chi connectivity index (χ3n) is 3.12. The maximum atomic E-state index is 9.33. The number of nitrogens with zero attached hydrogens (tertiary/aromatic N) is 1. The van der Waals surface area contributed by atoms with Gasteiger partial charge in [0.2, 0.25) is 0 Å². The standard InChI is InChI=1S/C17H18N2O/c1-13-3-9-16(10-4-13)19-17(11-18)15-7-5-14(6-8-15)12-20-2/h3-10,17,19H,12H2,1-2H3. The number of anilines is 1. The van der Waals surface area contributed by atoms with Crippen molar-refractivity contribution in [3.05, 3.63) is 65.2 Å². The van der Waals surface area contributed by atoms with E-state index < -0.39 is 0 Å². The monoisotopic (exact) mass is 266 g/mol. The molecule has 0 heterocycles. The van der Waals surface area contributed by atoms with Gasteiger partial charge in [0, 0.05) is 12.8 Å². The van der Waals surface area contributed by atoms with E-state index in [2.05, 4.69) is 11.4 Å². The number of rotatable bonds is 5. The highest BCUT2D eigenvalue weighted by Gasteiger charge is 2.10. The first-order valence-corrected chi connectivity index (χ1v) is 6.53. The molecule has 1 atom stereocenters. The summed E-state index contributed by atoms with van der Waals surface area (Å²) in [5.41, 5.74) is 4.20. The molecule has 20 heavy (non-hydrogen) atoms. The zero-order valence-electron chi connectivity index (χ0n) is 11.8. The number of hydrogen-bond acceptors (Lipinski definition) is 3. The summed E-state index contributed by atoms with van der Waals surface area (Å²) < 4.78 is 5.08. The minimum Gasteiger partial charge on any atom is -0.380 e. The van der Waals surface area contributed by atoms with E-state index >= 15 is 0 Å². The van der Waals surface area contributed by atoms with E-state index in [0.717, 1.165) is 16.8 Å². The first-order valence-electron chi connectivity index (χ1n) is 6.53. The molecule has 1 N–H and O–H groups in total. The van der Waals surface area contributed by atoms with Gasteiger partial charge < -0.3 is 10.1 Å². The Balaban J connectivity index is 2.11. The van der Waals surface area contributed by atoms with Gasteiger partial charge in [-0.3, -0.25) is 0 Å². The van der Waals surface area contributed by atoms with Crippen molar-refractivity contribution >= 4 is 5.69 Å². The van der Waals surface area contributed by atoms with Crippen molar-refractivity contribution in [2.75, 3.05) is 12.4 Å². The summed E-state index contributed by atoms with van der Waals surface area (Å²) in [5, 5.41) is 12.6. The summed E-state index contributed by atoms with van der Waals surface area (Å²) in [4.78, 5) is 0. The van der Waals surface area contributed by atoms with E-state index in [-0.39, 0.29) is 6.04 Å². The minimum absolute atomic E-state index is 0.352. The van der Waals surface area contributed by atoms with Gasteiger partial charge in [0.25, 0.3) is 0 Å². The predicted octanol–water partition coefficient (Wildman–Crippen LogP) is 3.82. The number of benzene rings is 2. The summed E-state index contributed by atoms with van der Waals surface area (Å²) in [6.07, 6.45) is 0. The molecule has 0 aliphatic heterocycles. The van der Waals surface area contributed by atoms with E-state index in [0.29, 0.717) is 6.61 Å². The van der Waals surface area contributed by atoms with Crippen molar-refractivity contribution in [3.8, 4) is 6.07 Å².